The Balaban J connectivity index is 2.29. The SMILES string of the molecule is COc1ccc(N(C)C(=O)c2cc(F)ccc2Br)cc1. The molecule has 0 atom stereocenters. The Morgan fingerprint density at radius 2 is 1.85 bits per heavy atom. The third kappa shape index (κ3) is 2.99. The van der Waals surface area contributed by atoms with Crippen LogP contribution in [0.25, 0.3) is 0 Å². The van der Waals surface area contributed by atoms with E-state index in [1.165, 1.54) is 23.1 Å². The monoisotopic (exact) mass is 337 g/mol. The van der Waals surface area contributed by atoms with Gasteiger partial charge in [-0.25, -0.2) is 4.39 Å². The van der Waals surface area contributed by atoms with Crippen LogP contribution in [-0.4, -0.2) is 20.1 Å². The van der Waals surface area contributed by atoms with Crippen LogP contribution < -0.4 is 9.64 Å². The van der Waals surface area contributed by atoms with Crippen molar-refractivity contribution >= 4 is 27.5 Å². The van der Waals surface area contributed by atoms with Crippen LogP contribution in [0.2, 0.25) is 0 Å². The van der Waals surface area contributed by atoms with Crippen molar-refractivity contribution in [1.29, 1.82) is 0 Å². The van der Waals surface area contributed by atoms with Crippen molar-refractivity contribution in [3.8, 4) is 5.75 Å². The number of halogens is 2. The highest BCUT2D eigenvalue weighted by Gasteiger charge is 2.17. The minimum absolute atomic E-state index is 0.281. The Kier molecular flexibility index (Phi) is 4.39. The maximum atomic E-state index is 13.3. The molecule has 0 aliphatic carbocycles. The van der Waals surface area contributed by atoms with E-state index in [4.69, 9.17) is 4.74 Å². The van der Waals surface area contributed by atoms with E-state index in [0.717, 1.165) is 0 Å². The summed E-state index contributed by atoms with van der Waals surface area (Å²) in [6, 6.07) is 11.1. The fraction of sp³-hybridized carbons (Fsp3) is 0.133. The van der Waals surface area contributed by atoms with Gasteiger partial charge in [-0.15, -0.1) is 0 Å². The number of amides is 1. The highest BCUT2D eigenvalue weighted by molar-refractivity contribution is 9.10. The van der Waals surface area contributed by atoms with Crippen LogP contribution in [0.4, 0.5) is 10.1 Å². The molecule has 0 radical (unpaired) electrons. The largest absolute Gasteiger partial charge is 0.497 e. The smallest absolute Gasteiger partial charge is 0.259 e. The van der Waals surface area contributed by atoms with E-state index in [-0.39, 0.29) is 11.5 Å². The number of ether oxygens (including phenoxy) is 1. The number of benzene rings is 2. The predicted octanol–water partition coefficient (Wildman–Crippen LogP) is 3.87. The summed E-state index contributed by atoms with van der Waals surface area (Å²) in [6.45, 7) is 0. The molecular weight excluding hydrogens is 325 g/mol. The van der Waals surface area contributed by atoms with Gasteiger partial charge in [0.2, 0.25) is 0 Å². The number of hydrogen-bond acceptors (Lipinski definition) is 2. The topological polar surface area (TPSA) is 29.5 Å². The molecule has 0 aromatic heterocycles. The van der Waals surface area contributed by atoms with Crippen molar-refractivity contribution in [3.05, 3.63) is 58.3 Å². The molecule has 0 spiro atoms. The van der Waals surface area contributed by atoms with E-state index in [2.05, 4.69) is 15.9 Å². The first-order chi connectivity index (χ1) is 9.52. The van der Waals surface area contributed by atoms with E-state index in [1.807, 2.05) is 0 Å². The maximum absolute atomic E-state index is 13.3. The average Bonchev–Trinajstić information content (AvgIpc) is 2.48. The van der Waals surface area contributed by atoms with Gasteiger partial charge in [0.05, 0.1) is 12.7 Å². The molecule has 0 saturated carbocycles. The minimum atomic E-state index is -0.445. The number of anilines is 1. The Labute approximate surface area is 125 Å². The molecule has 2 rings (SSSR count). The number of carbonyl (C=O) groups excluding carboxylic acids is 1. The highest BCUT2D eigenvalue weighted by Crippen LogP contribution is 2.23. The van der Waals surface area contributed by atoms with Crippen molar-refractivity contribution < 1.29 is 13.9 Å². The summed E-state index contributed by atoms with van der Waals surface area (Å²) in [5.74, 6) is -0.0252. The van der Waals surface area contributed by atoms with Crippen LogP contribution in [0, 0.1) is 5.82 Å². The van der Waals surface area contributed by atoms with Crippen molar-refractivity contribution in [2.24, 2.45) is 0 Å². The van der Waals surface area contributed by atoms with Crippen molar-refractivity contribution in [3.63, 3.8) is 0 Å². The van der Waals surface area contributed by atoms with Crippen LogP contribution in [0.1, 0.15) is 10.4 Å². The molecule has 3 nitrogen and oxygen atoms in total. The predicted molar refractivity (Wildman–Crippen MR) is 79.8 cm³/mol. The van der Waals surface area contributed by atoms with Gasteiger partial charge in [0, 0.05) is 17.2 Å². The number of hydrogen-bond donors (Lipinski definition) is 0. The molecule has 5 heteroatoms. The zero-order valence-corrected chi connectivity index (χ0v) is 12.6. The molecule has 0 bridgehead atoms. The van der Waals surface area contributed by atoms with Crippen LogP contribution >= 0.6 is 15.9 Å². The maximum Gasteiger partial charge on any atom is 0.259 e. The number of methoxy groups -OCH3 is 1. The fourth-order valence-corrected chi connectivity index (χ4v) is 2.18. The molecule has 0 unspecified atom stereocenters. The molecule has 0 aliphatic heterocycles. The number of carbonyl (C=O) groups is 1. The third-order valence-electron chi connectivity index (χ3n) is 2.92. The lowest BCUT2D eigenvalue weighted by Gasteiger charge is -2.18. The van der Waals surface area contributed by atoms with E-state index < -0.39 is 5.82 Å². The number of rotatable bonds is 3. The summed E-state index contributed by atoms with van der Waals surface area (Å²) in [5.41, 5.74) is 0.982. The van der Waals surface area contributed by atoms with E-state index in [9.17, 15) is 9.18 Å². The van der Waals surface area contributed by atoms with Gasteiger partial charge in [0.25, 0.3) is 5.91 Å². The zero-order chi connectivity index (χ0) is 14.7. The first kappa shape index (κ1) is 14.5. The summed E-state index contributed by atoms with van der Waals surface area (Å²) in [6.07, 6.45) is 0. The van der Waals surface area contributed by atoms with E-state index >= 15 is 0 Å². The molecule has 1 amide bonds. The molecule has 2 aromatic carbocycles. The van der Waals surface area contributed by atoms with Gasteiger partial charge in [-0.2, -0.15) is 0 Å². The Morgan fingerprint density at radius 1 is 1.20 bits per heavy atom. The van der Waals surface area contributed by atoms with Gasteiger partial charge >= 0.3 is 0 Å². The second kappa shape index (κ2) is 6.05. The zero-order valence-electron chi connectivity index (χ0n) is 11.1. The molecule has 20 heavy (non-hydrogen) atoms. The standard InChI is InChI=1S/C15H13BrFNO2/c1-18(11-4-6-12(20-2)7-5-11)15(19)13-9-10(17)3-8-14(13)16/h3-9H,1-2H3. The van der Waals surface area contributed by atoms with Gasteiger partial charge < -0.3 is 9.64 Å². The lowest BCUT2D eigenvalue weighted by Crippen LogP contribution is -2.26. The normalized spacial score (nSPS) is 10.2. The van der Waals surface area contributed by atoms with Crippen molar-refractivity contribution in [1.82, 2.24) is 0 Å². The van der Waals surface area contributed by atoms with Crippen LogP contribution in [-0.2, 0) is 0 Å². The molecule has 104 valence electrons. The second-order valence-electron chi connectivity index (χ2n) is 4.19. The Morgan fingerprint density at radius 3 is 2.45 bits per heavy atom. The van der Waals surface area contributed by atoms with Gasteiger partial charge in [-0.3, -0.25) is 4.79 Å². The molecular formula is C15H13BrFNO2. The lowest BCUT2D eigenvalue weighted by molar-refractivity contribution is 0.0992. The van der Waals surface area contributed by atoms with Gasteiger partial charge in [-0.05, 0) is 58.4 Å². The van der Waals surface area contributed by atoms with E-state index in [1.54, 1.807) is 38.4 Å². The summed E-state index contributed by atoms with van der Waals surface area (Å²) < 4.78 is 18.9. The van der Waals surface area contributed by atoms with Crippen LogP contribution in [0.5, 0.6) is 5.75 Å². The molecule has 0 aliphatic rings. The fourth-order valence-electron chi connectivity index (χ4n) is 1.77. The highest BCUT2D eigenvalue weighted by atomic mass is 79.9. The molecule has 0 heterocycles. The number of nitrogens with zero attached hydrogens (tertiary/aromatic N) is 1. The Hall–Kier alpha value is -1.88. The summed E-state index contributed by atoms with van der Waals surface area (Å²) in [5, 5.41) is 0. The molecule has 0 N–H and O–H groups in total. The average molecular weight is 338 g/mol. The minimum Gasteiger partial charge on any atom is -0.497 e. The third-order valence-corrected chi connectivity index (χ3v) is 3.61. The first-order valence-electron chi connectivity index (χ1n) is 5.90. The second-order valence-corrected chi connectivity index (χ2v) is 5.04. The summed E-state index contributed by atoms with van der Waals surface area (Å²) in [7, 11) is 3.22. The lowest BCUT2D eigenvalue weighted by atomic mass is 10.2. The van der Waals surface area contributed by atoms with Crippen molar-refractivity contribution in [2.45, 2.75) is 0 Å². The molecule has 0 saturated heterocycles. The first-order valence-corrected chi connectivity index (χ1v) is 6.69. The van der Waals surface area contributed by atoms with Crippen LogP contribution in [0.15, 0.2) is 46.9 Å². The molecule has 0 fully saturated rings. The van der Waals surface area contributed by atoms with Gasteiger partial charge in [0.15, 0.2) is 0 Å². The molecule has 2 aromatic rings. The van der Waals surface area contributed by atoms with Crippen molar-refractivity contribution in [2.75, 3.05) is 19.1 Å². The van der Waals surface area contributed by atoms with Gasteiger partial charge in [0.1, 0.15) is 11.6 Å². The summed E-state index contributed by atoms with van der Waals surface area (Å²) >= 11 is 3.26. The van der Waals surface area contributed by atoms with Gasteiger partial charge in [-0.1, -0.05) is 0 Å². The van der Waals surface area contributed by atoms with Crippen LogP contribution in [0.3, 0.4) is 0 Å². The summed E-state index contributed by atoms with van der Waals surface area (Å²) in [4.78, 5) is 13.8. The quantitative estimate of drug-likeness (QED) is 0.850. The Bertz CT molecular complexity index is 628. The van der Waals surface area contributed by atoms with E-state index in [0.29, 0.717) is 15.9 Å².